The highest BCUT2D eigenvalue weighted by Gasteiger charge is 1.84. The number of rotatable bonds is 7. The van der Waals surface area contributed by atoms with Crippen molar-refractivity contribution >= 4 is 5.97 Å². The summed E-state index contributed by atoms with van der Waals surface area (Å²) in [6.07, 6.45) is 9.55. The van der Waals surface area contributed by atoms with Crippen LogP contribution in [0.15, 0.2) is 12.2 Å². The van der Waals surface area contributed by atoms with Gasteiger partial charge in [-0.15, -0.1) is 0 Å². The molecule has 0 aliphatic heterocycles. The Morgan fingerprint density at radius 3 is 2.58 bits per heavy atom. The van der Waals surface area contributed by atoms with Crippen LogP contribution in [0.2, 0.25) is 0 Å². The Bertz CT molecular complexity index is 139. The van der Waals surface area contributed by atoms with Gasteiger partial charge < -0.3 is 9.90 Å². The van der Waals surface area contributed by atoms with Crippen molar-refractivity contribution in [2.24, 2.45) is 0 Å². The Morgan fingerprint density at radius 1 is 1.25 bits per heavy atom. The van der Waals surface area contributed by atoms with Crippen molar-refractivity contribution in [2.45, 2.75) is 45.4 Å². The fraction of sp³-hybridized carbons (Fsp3) is 0.700. The molecular formula is C10H17O2-. The number of carbonyl (C=O) groups excluding carboxylic acids is 1. The first-order chi connectivity index (χ1) is 5.77. The lowest BCUT2D eigenvalue weighted by atomic mass is 10.1. The molecule has 0 saturated carbocycles. The van der Waals surface area contributed by atoms with Crippen molar-refractivity contribution in [2.75, 3.05) is 0 Å². The van der Waals surface area contributed by atoms with Crippen LogP contribution < -0.4 is 5.11 Å². The zero-order valence-corrected chi connectivity index (χ0v) is 7.71. The summed E-state index contributed by atoms with van der Waals surface area (Å²) < 4.78 is 0. The van der Waals surface area contributed by atoms with Gasteiger partial charge in [0.2, 0.25) is 0 Å². The Balaban J connectivity index is 3.08. The molecule has 0 aliphatic carbocycles. The number of hydrogen-bond donors (Lipinski definition) is 0. The molecule has 0 aromatic rings. The molecule has 0 aromatic heterocycles. The number of aliphatic carboxylic acids is 1. The number of carbonyl (C=O) groups is 1. The molecule has 2 nitrogen and oxygen atoms in total. The quantitative estimate of drug-likeness (QED) is 0.429. The normalized spacial score (nSPS) is 10.8. The Labute approximate surface area is 74.3 Å². The molecule has 0 fully saturated rings. The van der Waals surface area contributed by atoms with E-state index in [1.807, 2.05) is 6.08 Å². The van der Waals surface area contributed by atoms with Gasteiger partial charge in [0.1, 0.15) is 0 Å². The van der Waals surface area contributed by atoms with E-state index >= 15 is 0 Å². The first-order valence-corrected chi connectivity index (χ1v) is 4.62. The van der Waals surface area contributed by atoms with E-state index in [0.29, 0.717) is 0 Å². The molecule has 12 heavy (non-hydrogen) atoms. The van der Waals surface area contributed by atoms with E-state index in [1.165, 1.54) is 19.3 Å². The highest BCUT2D eigenvalue weighted by Crippen LogP contribution is 2.02. The average Bonchev–Trinajstić information content (AvgIpc) is 2.02. The van der Waals surface area contributed by atoms with E-state index < -0.39 is 5.97 Å². The van der Waals surface area contributed by atoms with Gasteiger partial charge in [0, 0.05) is 12.4 Å². The molecule has 70 valence electrons. The third-order valence-electron chi connectivity index (χ3n) is 1.68. The summed E-state index contributed by atoms with van der Waals surface area (Å²) in [7, 11) is 0. The van der Waals surface area contributed by atoms with E-state index in [4.69, 9.17) is 0 Å². The first-order valence-electron chi connectivity index (χ1n) is 4.62. The predicted molar refractivity (Wildman–Crippen MR) is 47.5 cm³/mol. The molecule has 0 amide bonds. The van der Waals surface area contributed by atoms with E-state index in [0.717, 1.165) is 12.8 Å². The minimum absolute atomic E-state index is 0.0494. The fourth-order valence-electron chi connectivity index (χ4n) is 0.986. The summed E-state index contributed by atoms with van der Waals surface area (Å²) in [5.41, 5.74) is 0. The van der Waals surface area contributed by atoms with E-state index in [1.54, 1.807) is 6.08 Å². The molecular weight excluding hydrogens is 152 g/mol. The molecule has 0 rings (SSSR count). The van der Waals surface area contributed by atoms with Crippen LogP contribution in [-0.4, -0.2) is 5.97 Å². The lowest BCUT2D eigenvalue weighted by Crippen LogP contribution is -2.20. The third-order valence-corrected chi connectivity index (χ3v) is 1.68. The van der Waals surface area contributed by atoms with Crippen molar-refractivity contribution in [3.05, 3.63) is 12.2 Å². The summed E-state index contributed by atoms with van der Waals surface area (Å²) >= 11 is 0. The van der Waals surface area contributed by atoms with Crippen LogP contribution in [0.3, 0.4) is 0 Å². The monoisotopic (exact) mass is 169 g/mol. The molecule has 0 bridgehead atoms. The SMILES string of the molecule is CCCCCC/C=C\CC(=O)[O-]. The van der Waals surface area contributed by atoms with E-state index in [9.17, 15) is 9.90 Å². The van der Waals surface area contributed by atoms with Gasteiger partial charge in [0.05, 0.1) is 0 Å². The number of carboxylic acids is 1. The number of unbranched alkanes of at least 4 members (excludes halogenated alkanes) is 4. The van der Waals surface area contributed by atoms with Crippen LogP contribution in [0.4, 0.5) is 0 Å². The molecule has 0 N–H and O–H groups in total. The van der Waals surface area contributed by atoms with Gasteiger partial charge in [0.15, 0.2) is 0 Å². The van der Waals surface area contributed by atoms with Crippen molar-refractivity contribution in [1.29, 1.82) is 0 Å². The molecule has 0 atom stereocenters. The highest BCUT2D eigenvalue weighted by molar-refractivity contribution is 5.66. The Hall–Kier alpha value is -0.790. The van der Waals surface area contributed by atoms with E-state index in [-0.39, 0.29) is 6.42 Å². The van der Waals surface area contributed by atoms with Crippen LogP contribution in [-0.2, 0) is 4.79 Å². The van der Waals surface area contributed by atoms with Crippen molar-refractivity contribution in [1.82, 2.24) is 0 Å². The fourth-order valence-corrected chi connectivity index (χ4v) is 0.986. The largest absolute Gasteiger partial charge is 0.550 e. The van der Waals surface area contributed by atoms with Gasteiger partial charge in [-0.2, -0.15) is 0 Å². The van der Waals surface area contributed by atoms with Gasteiger partial charge in [-0.05, 0) is 12.8 Å². The topological polar surface area (TPSA) is 40.1 Å². The van der Waals surface area contributed by atoms with Crippen LogP contribution in [0, 0.1) is 0 Å². The summed E-state index contributed by atoms with van der Waals surface area (Å²) in [5, 5.41) is 9.97. The molecule has 0 unspecified atom stereocenters. The molecule has 0 heterocycles. The minimum atomic E-state index is -1.00. The summed E-state index contributed by atoms with van der Waals surface area (Å²) in [5.74, 6) is -1.00. The van der Waals surface area contributed by atoms with Crippen molar-refractivity contribution < 1.29 is 9.90 Å². The van der Waals surface area contributed by atoms with Crippen LogP contribution in [0.1, 0.15) is 45.4 Å². The number of carboxylic acid groups (broad SMARTS) is 1. The summed E-state index contributed by atoms with van der Waals surface area (Å²) in [4.78, 5) is 9.97. The number of allylic oxidation sites excluding steroid dienone is 1. The Morgan fingerprint density at radius 2 is 2.00 bits per heavy atom. The molecule has 0 aromatic carbocycles. The average molecular weight is 169 g/mol. The van der Waals surface area contributed by atoms with Crippen molar-refractivity contribution in [3.63, 3.8) is 0 Å². The van der Waals surface area contributed by atoms with Gasteiger partial charge in [0.25, 0.3) is 0 Å². The number of hydrogen-bond acceptors (Lipinski definition) is 2. The van der Waals surface area contributed by atoms with Gasteiger partial charge in [-0.25, -0.2) is 0 Å². The minimum Gasteiger partial charge on any atom is -0.550 e. The van der Waals surface area contributed by atoms with Crippen LogP contribution in [0.25, 0.3) is 0 Å². The second kappa shape index (κ2) is 8.31. The lowest BCUT2D eigenvalue weighted by molar-refractivity contribution is -0.304. The van der Waals surface area contributed by atoms with Crippen LogP contribution >= 0.6 is 0 Å². The zero-order chi connectivity index (χ0) is 9.23. The molecule has 0 spiro atoms. The summed E-state index contributed by atoms with van der Waals surface area (Å²) in [6, 6.07) is 0. The van der Waals surface area contributed by atoms with Gasteiger partial charge in [-0.3, -0.25) is 0 Å². The third kappa shape index (κ3) is 9.21. The summed E-state index contributed by atoms with van der Waals surface area (Å²) in [6.45, 7) is 2.17. The second-order valence-electron chi connectivity index (χ2n) is 2.90. The lowest BCUT2D eigenvalue weighted by Gasteiger charge is -1.95. The van der Waals surface area contributed by atoms with Gasteiger partial charge >= 0.3 is 0 Å². The van der Waals surface area contributed by atoms with Crippen LogP contribution in [0.5, 0.6) is 0 Å². The van der Waals surface area contributed by atoms with Gasteiger partial charge in [-0.1, -0.05) is 38.3 Å². The maximum Gasteiger partial charge on any atom is 0.0452 e. The smallest absolute Gasteiger partial charge is 0.0452 e. The van der Waals surface area contributed by atoms with Crippen molar-refractivity contribution in [3.8, 4) is 0 Å². The molecule has 2 heteroatoms. The second-order valence-corrected chi connectivity index (χ2v) is 2.90. The molecule has 0 aliphatic rings. The van der Waals surface area contributed by atoms with E-state index in [2.05, 4.69) is 6.92 Å². The molecule has 0 saturated heterocycles. The standard InChI is InChI=1S/C10H18O2/c1-2-3-4-5-6-7-8-9-10(11)12/h7-8H,2-6,9H2,1H3,(H,11,12)/p-1/b8-7-. The zero-order valence-electron chi connectivity index (χ0n) is 7.71. The highest BCUT2D eigenvalue weighted by atomic mass is 16.4. The Kier molecular flexibility index (Phi) is 7.76. The molecule has 0 radical (unpaired) electrons. The maximum absolute atomic E-state index is 9.97. The first kappa shape index (κ1) is 11.2. The predicted octanol–water partition coefficient (Wildman–Crippen LogP) is 1.65. The maximum atomic E-state index is 9.97.